The van der Waals surface area contributed by atoms with E-state index in [2.05, 4.69) is 32.6 Å². The van der Waals surface area contributed by atoms with Crippen molar-refractivity contribution < 1.29 is 4.74 Å². The van der Waals surface area contributed by atoms with Gasteiger partial charge in [-0.2, -0.15) is 0 Å². The lowest BCUT2D eigenvalue weighted by molar-refractivity contribution is 0.0571. The standard InChI is InChI=1S/C18H29N5O/c1-2-7-18(8-3-1)9-4-10-22(15-18)14-17-19-20-21-23(17)13-16-5-11-24-12-6-16/h1-2,16H,3-15H2. The van der Waals surface area contributed by atoms with Gasteiger partial charge in [-0.3, -0.25) is 4.90 Å². The van der Waals surface area contributed by atoms with Gasteiger partial charge in [-0.15, -0.1) is 5.10 Å². The summed E-state index contributed by atoms with van der Waals surface area (Å²) in [6.45, 7) is 5.96. The van der Waals surface area contributed by atoms with Gasteiger partial charge in [0.2, 0.25) is 0 Å². The number of piperidine rings is 1. The van der Waals surface area contributed by atoms with Crippen LogP contribution in [0.15, 0.2) is 12.2 Å². The second-order valence-electron chi connectivity index (χ2n) is 7.86. The molecule has 1 spiro atoms. The van der Waals surface area contributed by atoms with Gasteiger partial charge in [-0.25, -0.2) is 4.68 Å². The molecule has 3 aliphatic rings. The summed E-state index contributed by atoms with van der Waals surface area (Å²) in [6, 6.07) is 0. The third kappa shape index (κ3) is 3.70. The highest BCUT2D eigenvalue weighted by molar-refractivity contribution is 5.01. The lowest BCUT2D eigenvalue weighted by Gasteiger charge is -2.43. The summed E-state index contributed by atoms with van der Waals surface area (Å²) >= 11 is 0. The number of hydrogen-bond acceptors (Lipinski definition) is 5. The highest BCUT2D eigenvalue weighted by Crippen LogP contribution is 2.40. The molecule has 1 aromatic heterocycles. The van der Waals surface area contributed by atoms with Gasteiger partial charge < -0.3 is 4.74 Å². The van der Waals surface area contributed by atoms with Crippen molar-refractivity contribution in [2.45, 2.75) is 58.0 Å². The van der Waals surface area contributed by atoms with E-state index in [1.165, 1.54) is 45.2 Å². The molecule has 1 aliphatic carbocycles. The maximum Gasteiger partial charge on any atom is 0.165 e. The Hall–Kier alpha value is -1.27. The Morgan fingerprint density at radius 1 is 1.21 bits per heavy atom. The molecule has 0 amide bonds. The molecule has 1 atom stereocenters. The van der Waals surface area contributed by atoms with Gasteiger partial charge in [0.15, 0.2) is 5.82 Å². The molecule has 0 saturated carbocycles. The SMILES string of the molecule is C1=CCC2(CC1)CCCN(Cc1nnnn1CC1CCOCC1)C2. The topological polar surface area (TPSA) is 56.1 Å². The fraction of sp³-hybridized carbons (Fsp3) is 0.833. The van der Waals surface area contributed by atoms with Crippen LogP contribution in [0.2, 0.25) is 0 Å². The summed E-state index contributed by atoms with van der Waals surface area (Å²) in [5.41, 5.74) is 0.506. The number of rotatable bonds is 4. The third-order valence-electron chi connectivity index (χ3n) is 6.04. The average Bonchev–Trinajstić information content (AvgIpc) is 3.03. The average molecular weight is 331 g/mol. The number of allylic oxidation sites excluding steroid dienone is 2. The van der Waals surface area contributed by atoms with Crippen molar-refractivity contribution in [3.63, 3.8) is 0 Å². The van der Waals surface area contributed by atoms with Gasteiger partial charge >= 0.3 is 0 Å². The van der Waals surface area contributed by atoms with Crippen molar-refractivity contribution in [2.24, 2.45) is 11.3 Å². The Morgan fingerprint density at radius 3 is 2.96 bits per heavy atom. The first-order valence-corrected chi connectivity index (χ1v) is 9.53. The van der Waals surface area contributed by atoms with Crippen molar-refractivity contribution in [1.82, 2.24) is 25.1 Å². The largest absolute Gasteiger partial charge is 0.381 e. The molecule has 0 bridgehead atoms. The molecule has 0 radical (unpaired) electrons. The van der Waals surface area contributed by atoms with Crippen LogP contribution in [0.3, 0.4) is 0 Å². The molecule has 6 nitrogen and oxygen atoms in total. The molecule has 0 aromatic carbocycles. The highest BCUT2D eigenvalue weighted by atomic mass is 16.5. The monoisotopic (exact) mass is 331 g/mol. The second kappa shape index (κ2) is 7.31. The summed E-state index contributed by atoms with van der Waals surface area (Å²) in [5, 5.41) is 12.5. The lowest BCUT2D eigenvalue weighted by atomic mass is 9.71. The Labute approximate surface area is 144 Å². The van der Waals surface area contributed by atoms with E-state index in [1.54, 1.807) is 0 Å². The van der Waals surface area contributed by atoms with Crippen molar-refractivity contribution in [3.05, 3.63) is 18.0 Å². The summed E-state index contributed by atoms with van der Waals surface area (Å²) in [6.07, 6.45) is 13.5. The molecule has 0 N–H and O–H groups in total. The highest BCUT2D eigenvalue weighted by Gasteiger charge is 2.35. The van der Waals surface area contributed by atoms with E-state index in [0.29, 0.717) is 11.3 Å². The Morgan fingerprint density at radius 2 is 2.12 bits per heavy atom. The molecule has 24 heavy (non-hydrogen) atoms. The van der Waals surface area contributed by atoms with E-state index in [1.807, 2.05) is 4.68 Å². The van der Waals surface area contributed by atoms with Crippen LogP contribution in [0, 0.1) is 11.3 Å². The Balaban J connectivity index is 1.38. The molecule has 3 heterocycles. The molecule has 1 aromatic rings. The van der Waals surface area contributed by atoms with Crippen molar-refractivity contribution in [2.75, 3.05) is 26.3 Å². The van der Waals surface area contributed by atoms with Crippen LogP contribution in [-0.4, -0.2) is 51.4 Å². The zero-order valence-electron chi connectivity index (χ0n) is 14.6. The van der Waals surface area contributed by atoms with Crippen LogP contribution < -0.4 is 0 Å². The molecule has 4 rings (SSSR count). The Kier molecular flexibility index (Phi) is 4.94. The van der Waals surface area contributed by atoms with E-state index in [4.69, 9.17) is 4.74 Å². The molecule has 2 fully saturated rings. The van der Waals surface area contributed by atoms with Crippen molar-refractivity contribution in [1.29, 1.82) is 0 Å². The first-order valence-electron chi connectivity index (χ1n) is 9.53. The van der Waals surface area contributed by atoms with Crippen LogP contribution in [0.25, 0.3) is 0 Å². The van der Waals surface area contributed by atoms with E-state index < -0.39 is 0 Å². The molecule has 2 saturated heterocycles. The predicted octanol–water partition coefficient (Wildman–Crippen LogP) is 2.42. The number of likely N-dealkylation sites (tertiary alicyclic amines) is 1. The maximum absolute atomic E-state index is 5.46. The molecule has 1 unspecified atom stereocenters. The fourth-order valence-corrected chi connectivity index (χ4v) is 4.61. The van der Waals surface area contributed by atoms with Gasteiger partial charge in [-0.1, -0.05) is 12.2 Å². The summed E-state index contributed by atoms with van der Waals surface area (Å²) < 4.78 is 7.50. The van der Waals surface area contributed by atoms with Gasteiger partial charge in [-0.05, 0) is 73.3 Å². The molecular formula is C18H29N5O. The number of nitrogens with zero attached hydrogens (tertiary/aromatic N) is 5. The zero-order chi connectivity index (χ0) is 16.2. The minimum Gasteiger partial charge on any atom is -0.381 e. The smallest absolute Gasteiger partial charge is 0.165 e. The predicted molar refractivity (Wildman–Crippen MR) is 91.3 cm³/mol. The van der Waals surface area contributed by atoms with E-state index in [-0.39, 0.29) is 0 Å². The molecule has 2 aliphatic heterocycles. The van der Waals surface area contributed by atoms with Gasteiger partial charge in [0, 0.05) is 26.3 Å². The summed E-state index contributed by atoms with van der Waals surface area (Å²) in [5.74, 6) is 1.68. The lowest BCUT2D eigenvalue weighted by Crippen LogP contribution is -2.43. The number of aromatic nitrogens is 4. The maximum atomic E-state index is 5.46. The molecular weight excluding hydrogens is 302 g/mol. The number of hydrogen-bond donors (Lipinski definition) is 0. The number of ether oxygens (including phenoxy) is 1. The second-order valence-corrected chi connectivity index (χ2v) is 7.86. The minimum atomic E-state index is 0.506. The normalized spacial score (nSPS) is 29.3. The van der Waals surface area contributed by atoms with E-state index >= 15 is 0 Å². The number of tetrazole rings is 1. The summed E-state index contributed by atoms with van der Waals surface area (Å²) in [4.78, 5) is 2.58. The van der Waals surface area contributed by atoms with Crippen molar-refractivity contribution >= 4 is 0 Å². The van der Waals surface area contributed by atoms with Crippen LogP contribution in [-0.2, 0) is 17.8 Å². The van der Waals surface area contributed by atoms with Gasteiger partial charge in [0.25, 0.3) is 0 Å². The minimum absolute atomic E-state index is 0.506. The van der Waals surface area contributed by atoms with Gasteiger partial charge in [0.05, 0.1) is 6.54 Å². The zero-order valence-corrected chi connectivity index (χ0v) is 14.6. The van der Waals surface area contributed by atoms with Crippen LogP contribution in [0.5, 0.6) is 0 Å². The summed E-state index contributed by atoms with van der Waals surface area (Å²) in [7, 11) is 0. The molecule has 132 valence electrons. The molecule has 6 heteroatoms. The van der Waals surface area contributed by atoms with Crippen molar-refractivity contribution in [3.8, 4) is 0 Å². The van der Waals surface area contributed by atoms with Crippen LogP contribution >= 0.6 is 0 Å². The van der Waals surface area contributed by atoms with E-state index in [0.717, 1.165) is 45.0 Å². The first-order chi connectivity index (χ1) is 11.8. The third-order valence-corrected chi connectivity index (χ3v) is 6.04. The fourth-order valence-electron chi connectivity index (χ4n) is 4.61. The Bertz CT molecular complexity index is 566. The van der Waals surface area contributed by atoms with Crippen LogP contribution in [0.4, 0.5) is 0 Å². The van der Waals surface area contributed by atoms with Crippen LogP contribution in [0.1, 0.15) is 50.8 Å². The quantitative estimate of drug-likeness (QED) is 0.793. The first kappa shape index (κ1) is 16.2. The van der Waals surface area contributed by atoms with Gasteiger partial charge in [0.1, 0.15) is 0 Å². The van der Waals surface area contributed by atoms with E-state index in [9.17, 15) is 0 Å².